The second kappa shape index (κ2) is 6.98. The Labute approximate surface area is 170 Å². The van der Waals surface area contributed by atoms with Gasteiger partial charge in [0.05, 0.1) is 49.5 Å². The molecular formula is C22H28O7. The van der Waals surface area contributed by atoms with Gasteiger partial charge in [-0.15, -0.1) is 0 Å². The van der Waals surface area contributed by atoms with Crippen molar-refractivity contribution in [1.29, 1.82) is 0 Å². The molecule has 158 valence electrons. The van der Waals surface area contributed by atoms with E-state index < -0.39 is 11.8 Å². The highest BCUT2D eigenvalue weighted by Gasteiger charge is 2.50. The first-order valence-electron chi connectivity index (χ1n) is 11.2. The average Bonchev–Trinajstić information content (AvgIpc) is 3.59. The highest BCUT2D eigenvalue weighted by molar-refractivity contribution is 5.84. The molecule has 6 rings (SSSR count). The first kappa shape index (κ1) is 18.2. The third-order valence-corrected chi connectivity index (χ3v) is 7.51. The topological polar surface area (TPSA) is 90.2 Å². The van der Waals surface area contributed by atoms with Gasteiger partial charge in [-0.25, -0.2) is 0 Å². The second-order valence-electron chi connectivity index (χ2n) is 9.59. The van der Waals surface area contributed by atoms with Crippen molar-refractivity contribution in [1.82, 2.24) is 0 Å². The minimum Gasteiger partial charge on any atom is -0.483 e. The molecule has 3 aliphatic carbocycles. The van der Waals surface area contributed by atoms with E-state index in [-0.39, 0.29) is 18.0 Å². The predicted octanol–water partition coefficient (Wildman–Crippen LogP) is 2.13. The Morgan fingerprint density at radius 1 is 0.828 bits per heavy atom. The first-order valence-corrected chi connectivity index (χ1v) is 11.2. The van der Waals surface area contributed by atoms with Crippen LogP contribution in [-0.4, -0.2) is 55.7 Å². The van der Waals surface area contributed by atoms with Crippen molar-refractivity contribution in [3.63, 3.8) is 0 Å². The summed E-state index contributed by atoms with van der Waals surface area (Å²) in [6.45, 7) is 0.818. The standard InChI is InChI=1S/C22H28O7/c23-21(25-9-11-1-3-15-17(5-11)27-15)13-7-19-20(29-19)8-14(13)22(24)26-10-12-2-4-16-18(6-12)28-16/h7,11-18,20H,1-6,8-10H2. The molecule has 29 heavy (non-hydrogen) atoms. The molecule has 5 fully saturated rings. The average molecular weight is 404 g/mol. The van der Waals surface area contributed by atoms with Crippen LogP contribution >= 0.6 is 0 Å². The lowest BCUT2D eigenvalue weighted by Crippen LogP contribution is -2.35. The summed E-state index contributed by atoms with van der Waals surface area (Å²) in [5, 5.41) is 0. The van der Waals surface area contributed by atoms with Crippen LogP contribution < -0.4 is 0 Å². The van der Waals surface area contributed by atoms with Crippen LogP contribution in [-0.2, 0) is 33.3 Å². The zero-order chi connectivity index (χ0) is 19.5. The van der Waals surface area contributed by atoms with Gasteiger partial charge in [0.1, 0.15) is 5.76 Å². The Balaban J connectivity index is 1.03. The SMILES string of the molecule is O=C(OCC1CCC2OC2C1)C1C=C2OC2CC1C(=O)OCC1CCC2OC2C1. The van der Waals surface area contributed by atoms with Crippen molar-refractivity contribution in [3.05, 3.63) is 11.8 Å². The molecule has 0 aromatic rings. The number of ether oxygens (including phenoxy) is 5. The number of rotatable bonds is 6. The van der Waals surface area contributed by atoms with E-state index in [0.29, 0.717) is 55.9 Å². The Morgan fingerprint density at radius 2 is 1.45 bits per heavy atom. The molecule has 0 amide bonds. The molecule has 3 heterocycles. The second-order valence-corrected chi connectivity index (χ2v) is 9.59. The summed E-state index contributed by atoms with van der Waals surface area (Å²) >= 11 is 0. The van der Waals surface area contributed by atoms with E-state index >= 15 is 0 Å². The van der Waals surface area contributed by atoms with Crippen molar-refractivity contribution in [3.8, 4) is 0 Å². The van der Waals surface area contributed by atoms with E-state index in [0.717, 1.165) is 44.3 Å². The fourth-order valence-corrected chi connectivity index (χ4v) is 5.47. The summed E-state index contributed by atoms with van der Waals surface area (Å²) in [6, 6.07) is 0. The molecule has 9 unspecified atom stereocenters. The van der Waals surface area contributed by atoms with Crippen LogP contribution in [0.2, 0.25) is 0 Å². The number of fused-ring (bicyclic) bond motifs is 3. The Kier molecular flexibility index (Phi) is 4.38. The summed E-state index contributed by atoms with van der Waals surface area (Å²) in [7, 11) is 0. The normalized spacial score (nSPS) is 46.1. The maximum Gasteiger partial charge on any atom is 0.313 e. The number of epoxide rings is 3. The van der Waals surface area contributed by atoms with Gasteiger partial charge in [0, 0.05) is 6.42 Å². The van der Waals surface area contributed by atoms with Gasteiger partial charge in [-0.3, -0.25) is 9.59 Å². The van der Waals surface area contributed by atoms with Gasteiger partial charge in [0.25, 0.3) is 0 Å². The van der Waals surface area contributed by atoms with E-state index in [9.17, 15) is 9.59 Å². The zero-order valence-corrected chi connectivity index (χ0v) is 16.5. The van der Waals surface area contributed by atoms with Crippen molar-refractivity contribution < 1.29 is 33.3 Å². The highest BCUT2D eigenvalue weighted by atomic mass is 16.6. The van der Waals surface area contributed by atoms with E-state index in [1.165, 1.54) is 0 Å². The maximum absolute atomic E-state index is 12.8. The van der Waals surface area contributed by atoms with Crippen molar-refractivity contribution >= 4 is 11.9 Å². The highest BCUT2D eigenvalue weighted by Crippen LogP contribution is 2.44. The van der Waals surface area contributed by atoms with Gasteiger partial charge >= 0.3 is 11.9 Å². The van der Waals surface area contributed by atoms with Crippen molar-refractivity contribution in [2.75, 3.05) is 13.2 Å². The molecule has 6 aliphatic rings. The number of carbonyl (C=O) groups excluding carboxylic acids is 2. The minimum absolute atomic E-state index is 0.0332. The van der Waals surface area contributed by atoms with E-state index in [1.54, 1.807) is 6.08 Å². The molecule has 2 saturated carbocycles. The fraction of sp³-hybridized carbons (Fsp3) is 0.818. The molecule has 9 atom stereocenters. The van der Waals surface area contributed by atoms with Gasteiger partial charge in [0.15, 0.2) is 6.10 Å². The monoisotopic (exact) mass is 404 g/mol. The molecule has 3 saturated heterocycles. The maximum atomic E-state index is 12.8. The van der Waals surface area contributed by atoms with Gasteiger partial charge in [-0.2, -0.15) is 0 Å². The zero-order valence-electron chi connectivity index (χ0n) is 16.5. The van der Waals surface area contributed by atoms with Crippen molar-refractivity contribution in [2.24, 2.45) is 23.7 Å². The molecule has 3 aliphatic heterocycles. The Bertz CT molecular complexity index is 733. The van der Waals surface area contributed by atoms with Crippen LogP contribution in [0.15, 0.2) is 11.8 Å². The third kappa shape index (κ3) is 3.79. The lowest BCUT2D eigenvalue weighted by Gasteiger charge is -2.25. The fourth-order valence-electron chi connectivity index (χ4n) is 5.47. The molecule has 0 aromatic heterocycles. The molecule has 7 nitrogen and oxygen atoms in total. The molecule has 0 aromatic carbocycles. The van der Waals surface area contributed by atoms with E-state index in [4.69, 9.17) is 23.7 Å². The molecular weight excluding hydrogens is 376 g/mol. The predicted molar refractivity (Wildman–Crippen MR) is 98.5 cm³/mol. The lowest BCUT2D eigenvalue weighted by atomic mass is 9.83. The molecule has 0 N–H and O–H groups in total. The summed E-state index contributed by atoms with van der Waals surface area (Å²) < 4.78 is 27.9. The van der Waals surface area contributed by atoms with Crippen LogP contribution in [0.5, 0.6) is 0 Å². The largest absolute Gasteiger partial charge is 0.483 e. The summed E-state index contributed by atoms with van der Waals surface area (Å²) in [4.78, 5) is 25.6. The molecule has 0 radical (unpaired) electrons. The van der Waals surface area contributed by atoms with Crippen LogP contribution in [0.1, 0.15) is 44.9 Å². The van der Waals surface area contributed by atoms with Crippen LogP contribution in [0.4, 0.5) is 0 Å². The number of hydrogen-bond acceptors (Lipinski definition) is 7. The van der Waals surface area contributed by atoms with Gasteiger partial charge in [-0.05, 0) is 56.4 Å². The van der Waals surface area contributed by atoms with Crippen LogP contribution in [0.3, 0.4) is 0 Å². The molecule has 0 spiro atoms. The Morgan fingerprint density at radius 3 is 2.07 bits per heavy atom. The van der Waals surface area contributed by atoms with Crippen LogP contribution in [0, 0.1) is 23.7 Å². The number of hydrogen-bond donors (Lipinski definition) is 0. The van der Waals surface area contributed by atoms with Gasteiger partial charge < -0.3 is 23.7 Å². The Hall–Kier alpha value is -1.60. The lowest BCUT2D eigenvalue weighted by molar-refractivity contribution is -0.161. The third-order valence-electron chi connectivity index (χ3n) is 7.51. The number of esters is 2. The van der Waals surface area contributed by atoms with Gasteiger partial charge in [0.2, 0.25) is 0 Å². The summed E-state index contributed by atoms with van der Waals surface area (Å²) in [6.07, 6.45) is 9.97. The quantitative estimate of drug-likeness (QED) is 0.495. The minimum atomic E-state index is -0.604. The van der Waals surface area contributed by atoms with Crippen LogP contribution in [0.25, 0.3) is 0 Å². The summed E-state index contributed by atoms with van der Waals surface area (Å²) in [5.74, 6) is -0.231. The molecule has 0 bridgehead atoms. The first-order chi connectivity index (χ1) is 14.1. The van der Waals surface area contributed by atoms with E-state index in [2.05, 4.69) is 0 Å². The number of carbonyl (C=O) groups is 2. The molecule has 7 heteroatoms. The van der Waals surface area contributed by atoms with Gasteiger partial charge in [-0.1, -0.05) is 0 Å². The summed E-state index contributed by atoms with van der Waals surface area (Å²) in [5.41, 5.74) is 0. The van der Waals surface area contributed by atoms with Crippen molar-refractivity contribution in [2.45, 2.75) is 75.5 Å². The smallest absolute Gasteiger partial charge is 0.313 e. The van der Waals surface area contributed by atoms with E-state index in [1.807, 2.05) is 0 Å².